The second-order valence-electron chi connectivity index (χ2n) is 8.49. The Hall–Kier alpha value is -2.49. The van der Waals surface area contributed by atoms with Crippen molar-refractivity contribution in [3.05, 3.63) is 50.8 Å². The second kappa shape index (κ2) is 9.40. The number of thiophene rings is 1. The van der Waals surface area contributed by atoms with Crippen molar-refractivity contribution in [3.8, 4) is 0 Å². The molecule has 0 atom stereocenters. The van der Waals surface area contributed by atoms with Crippen molar-refractivity contribution >= 4 is 50.2 Å². The van der Waals surface area contributed by atoms with E-state index in [9.17, 15) is 4.79 Å². The SMILES string of the molecule is Cc1nc2ccccc2nc1N1CCN(CCCSc2nc3sc(C)c(C)c3c(=O)[nH]2)CC1. The first-order valence-corrected chi connectivity index (χ1v) is 13.1. The van der Waals surface area contributed by atoms with E-state index in [0.29, 0.717) is 0 Å². The van der Waals surface area contributed by atoms with Crippen LogP contribution in [0.2, 0.25) is 0 Å². The Balaban J connectivity index is 1.12. The standard InChI is InChI=1S/C24H28N6OS2/c1-15-17(3)33-23-20(15)22(31)27-24(28-23)32-14-6-9-29-10-12-30(13-11-29)21-16(2)25-18-7-4-5-8-19(18)26-21/h4-5,7-8H,6,9-14H2,1-3H3,(H,27,28,31). The fraction of sp³-hybridized carbons (Fsp3) is 0.417. The molecule has 0 bridgehead atoms. The quantitative estimate of drug-likeness (QED) is 0.252. The lowest BCUT2D eigenvalue weighted by molar-refractivity contribution is 0.258. The lowest BCUT2D eigenvalue weighted by Gasteiger charge is -2.35. The van der Waals surface area contributed by atoms with Gasteiger partial charge in [0.15, 0.2) is 11.0 Å². The van der Waals surface area contributed by atoms with Gasteiger partial charge in [0, 0.05) is 36.8 Å². The van der Waals surface area contributed by atoms with Gasteiger partial charge in [-0.1, -0.05) is 23.9 Å². The Labute approximate surface area is 201 Å². The highest BCUT2D eigenvalue weighted by atomic mass is 32.2. The van der Waals surface area contributed by atoms with Crippen LogP contribution in [0.15, 0.2) is 34.2 Å². The summed E-state index contributed by atoms with van der Waals surface area (Å²) in [4.78, 5) is 36.5. The average Bonchev–Trinajstić information content (AvgIpc) is 3.10. The smallest absolute Gasteiger partial charge is 0.260 e. The van der Waals surface area contributed by atoms with Gasteiger partial charge in [0.05, 0.1) is 22.1 Å². The summed E-state index contributed by atoms with van der Waals surface area (Å²) in [7, 11) is 0. The van der Waals surface area contributed by atoms with Gasteiger partial charge >= 0.3 is 0 Å². The lowest BCUT2D eigenvalue weighted by Crippen LogP contribution is -2.47. The molecule has 4 heterocycles. The van der Waals surface area contributed by atoms with E-state index in [2.05, 4.69) is 19.8 Å². The molecule has 1 aliphatic rings. The van der Waals surface area contributed by atoms with Crippen molar-refractivity contribution in [3.63, 3.8) is 0 Å². The van der Waals surface area contributed by atoms with Gasteiger partial charge in [0.25, 0.3) is 5.56 Å². The van der Waals surface area contributed by atoms with Crippen LogP contribution in [0.25, 0.3) is 21.3 Å². The van der Waals surface area contributed by atoms with Gasteiger partial charge in [-0.2, -0.15) is 0 Å². The van der Waals surface area contributed by atoms with E-state index in [-0.39, 0.29) is 5.56 Å². The Morgan fingerprint density at radius 3 is 2.52 bits per heavy atom. The summed E-state index contributed by atoms with van der Waals surface area (Å²) in [6.45, 7) is 11.1. The number of hydrogen-bond acceptors (Lipinski definition) is 8. The Morgan fingerprint density at radius 1 is 1.03 bits per heavy atom. The Bertz CT molecular complexity index is 1360. The molecule has 1 saturated heterocycles. The van der Waals surface area contributed by atoms with E-state index in [0.717, 1.165) is 93.3 Å². The molecule has 0 radical (unpaired) electrons. The summed E-state index contributed by atoms with van der Waals surface area (Å²) in [6.07, 6.45) is 1.06. The number of H-pyrrole nitrogens is 1. The van der Waals surface area contributed by atoms with Gasteiger partial charge < -0.3 is 9.88 Å². The third-order valence-electron chi connectivity index (χ3n) is 6.27. The Morgan fingerprint density at radius 2 is 1.76 bits per heavy atom. The molecule has 33 heavy (non-hydrogen) atoms. The number of benzene rings is 1. The van der Waals surface area contributed by atoms with Crippen LogP contribution in [0, 0.1) is 20.8 Å². The van der Waals surface area contributed by atoms with E-state index < -0.39 is 0 Å². The largest absolute Gasteiger partial charge is 0.353 e. The van der Waals surface area contributed by atoms with Gasteiger partial charge in [-0.3, -0.25) is 9.69 Å². The molecule has 0 saturated carbocycles. The number of hydrogen-bond donors (Lipinski definition) is 1. The molecule has 1 aromatic carbocycles. The minimum Gasteiger partial charge on any atom is -0.353 e. The number of nitrogens with one attached hydrogen (secondary N) is 1. The van der Waals surface area contributed by atoms with Crippen molar-refractivity contribution in [2.24, 2.45) is 0 Å². The summed E-state index contributed by atoms with van der Waals surface area (Å²) in [6, 6.07) is 8.06. The zero-order valence-corrected chi connectivity index (χ0v) is 20.9. The van der Waals surface area contributed by atoms with Crippen LogP contribution in [0.3, 0.4) is 0 Å². The summed E-state index contributed by atoms with van der Waals surface area (Å²) < 4.78 is 0. The van der Waals surface area contributed by atoms with E-state index in [1.165, 1.54) is 0 Å². The molecule has 1 fully saturated rings. The molecule has 1 N–H and O–H groups in total. The molecule has 0 amide bonds. The number of aromatic nitrogens is 4. The van der Waals surface area contributed by atoms with Crippen LogP contribution in [-0.4, -0.2) is 63.3 Å². The number of anilines is 1. The van der Waals surface area contributed by atoms with Gasteiger partial charge in [-0.05, 0) is 51.4 Å². The van der Waals surface area contributed by atoms with E-state index >= 15 is 0 Å². The van der Waals surface area contributed by atoms with Gasteiger partial charge in [-0.25, -0.2) is 15.0 Å². The third kappa shape index (κ3) is 4.62. The number of rotatable bonds is 6. The first-order valence-electron chi connectivity index (χ1n) is 11.3. The third-order valence-corrected chi connectivity index (χ3v) is 8.33. The number of para-hydroxylation sites is 2. The zero-order chi connectivity index (χ0) is 22.9. The van der Waals surface area contributed by atoms with Crippen molar-refractivity contribution in [2.75, 3.05) is 43.4 Å². The van der Waals surface area contributed by atoms with Crippen molar-refractivity contribution in [2.45, 2.75) is 32.3 Å². The van der Waals surface area contributed by atoms with Crippen LogP contribution < -0.4 is 10.5 Å². The van der Waals surface area contributed by atoms with Crippen LogP contribution >= 0.6 is 23.1 Å². The lowest BCUT2D eigenvalue weighted by atomic mass is 10.2. The van der Waals surface area contributed by atoms with Gasteiger partial charge in [0.1, 0.15) is 4.83 Å². The summed E-state index contributed by atoms with van der Waals surface area (Å²) in [5, 5.41) is 1.47. The fourth-order valence-electron chi connectivity index (χ4n) is 4.32. The number of thioether (sulfide) groups is 1. The molecule has 0 spiro atoms. The monoisotopic (exact) mass is 480 g/mol. The van der Waals surface area contributed by atoms with Crippen LogP contribution in [0.5, 0.6) is 0 Å². The first kappa shape index (κ1) is 22.3. The molecule has 4 aromatic rings. The highest BCUT2D eigenvalue weighted by Crippen LogP contribution is 2.27. The second-order valence-corrected chi connectivity index (χ2v) is 10.8. The van der Waals surface area contributed by atoms with Crippen molar-refractivity contribution in [1.29, 1.82) is 0 Å². The van der Waals surface area contributed by atoms with Crippen LogP contribution in [0.1, 0.15) is 22.6 Å². The maximum Gasteiger partial charge on any atom is 0.260 e. The number of aryl methyl sites for hydroxylation is 3. The van der Waals surface area contributed by atoms with Gasteiger partial charge in [-0.15, -0.1) is 11.3 Å². The molecule has 7 nitrogen and oxygen atoms in total. The minimum atomic E-state index is -0.0208. The number of nitrogens with zero attached hydrogens (tertiary/aromatic N) is 5. The molecular weight excluding hydrogens is 452 g/mol. The van der Waals surface area contributed by atoms with E-state index in [1.54, 1.807) is 23.1 Å². The summed E-state index contributed by atoms with van der Waals surface area (Å²) in [5.74, 6) is 1.95. The molecule has 9 heteroatoms. The average molecular weight is 481 g/mol. The number of fused-ring (bicyclic) bond motifs is 2. The predicted molar refractivity (Wildman–Crippen MR) is 138 cm³/mol. The molecule has 3 aromatic heterocycles. The fourth-order valence-corrected chi connectivity index (χ4v) is 6.20. The Kier molecular flexibility index (Phi) is 6.36. The van der Waals surface area contributed by atoms with Crippen molar-refractivity contribution in [1.82, 2.24) is 24.8 Å². The summed E-state index contributed by atoms with van der Waals surface area (Å²) in [5.41, 5.74) is 3.93. The highest BCUT2D eigenvalue weighted by Gasteiger charge is 2.20. The van der Waals surface area contributed by atoms with Crippen LogP contribution in [-0.2, 0) is 0 Å². The van der Waals surface area contributed by atoms with E-state index in [1.807, 2.05) is 45.0 Å². The predicted octanol–water partition coefficient (Wildman–Crippen LogP) is 4.16. The maximum absolute atomic E-state index is 12.4. The van der Waals surface area contributed by atoms with Crippen LogP contribution in [0.4, 0.5) is 5.82 Å². The first-order chi connectivity index (χ1) is 16.0. The van der Waals surface area contributed by atoms with E-state index in [4.69, 9.17) is 9.97 Å². The molecule has 1 aliphatic heterocycles. The van der Waals surface area contributed by atoms with Gasteiger partial charge in [0.2, 0.25) is 0 Å². The van der Waals surface area contributed by atoms with Crippen molar-refractivity contribution < 1.29 is 0 Å². The topological polar surface area (TPSA) is 78.0 Å². The molecule has 0 unspecified atom stereocenters. The maximum atomic E-state index is 12.4. The molecule has 0 aliphatic carbocycles. The molecule has 172 valence electrons. The summed E-state index contributed by atoms with van der Waals surface area (Å²) >= 11 is 3.24. The normalized spacial score (nSPS) is 15.1. The number of piperazine rings is 1. The number of aromatic amines is 1. The molecule has 5 rings (SSSR count). The molecular formula is C24H28N6OS2. The zero-order valence-electron chi connectivity index (χ0n) is 19.2. The highest BCUT2D eigenvalue weighted by molar-refractivity contribution is 7.99. The minimum absolute atomic E-state index is 0.0208.